The summed E-state index contributed by atoms with van der Waals surface area (Å²) in [5.74, 6) is 1.78. The number of methoxy groups -OCH3 is 3. The summed E-state index contributed by atoms with van der Waals surface area (Å²) in [6.45, 7) is 2.62. The van der Waals surface area contributed by atoms with E-state index in [1.165, 1.54) is 0 Å². The molecule has 0 aromatic heterocycles. The molecule has 1 atom stereocenters. The lowest BCUT2D eigenvalue weighted by atomic mass is 10.1. The summed E-state index contributed by atoms with van der Waals surface area (Å²) in [6.07, 6.45) is 0.964. The topological polar surface area (TPSA) is 68.8 Å². The van der Waals surface area contributed by atoms with E-state index in [4.69, 9.17) is 14.2 Å². The molecule has 1 aromatic carbocycles. The number of aryl methyl sites for hydroxylation is 1. The van der Waals surface area contributed by atoms with Gasteiger partial charge in [-0.25, -0.2) is 0 Å². The molecule has 0 bridgehead atoms. The van der Waals surface area contributed by atoms with Gasteiger partial charge in [0.15, 0.2) is 11.5 Å². The minimum Gasteiger partial charge on any atom is -0.493 e. The standard InChI is InChI=1S/C16H26N2O4/c1-11(17-2)10-18-14(19)9-7-12-6-8-13(20-3)16(22-5)15(12)21-4/h6,8,11,17H,7,9-10H2,1-5H3,(H,18,19). The number of ether oxygens (including phenoxy) is 3. The van der Waals surface area contributed by atoms with Gasteiger partial charge in [-0.05, 0) is 32.0 Å². The molecule has 0 radical (unpaired) electrons. The molecule has 0 aliphatic heterocycles. The van der Waals surface area contributed by atoms with Crippen molar-refractivity contribution in [2.24, 2.45) is 0 Å². The van der Waals surface area contributed by atoms with Crippen LogP contribution in [0.15, 0.2) is 12.1 Å². The fourth-order valence-corrected chi connectivity index (χ4v) is 2.07. The fraction of sp³-hybridized carbons (Fsp3) is 0.562. The molecule has 124 valence electrons. The minimum atomic E-state index is 0.0129. The van der Waals surface area contributed by atoms with E-state index in [2.05, 4.69) is 10.6 Å². The Morgan fingerprint density at radius 1 is 1.14 bits per heavy atom. The molecule has 0 fully saturated rings. The number of rotatable bonds is 9. The van der Waals surface area contributed by atoms with Crippen molar-refractivity contribution >= 4 is 5.91 Å². The Morgan fingerprint density at radius 3 is 2.36 bits per heavy atom. The first-order valence-corrected chi connectivity index (χ1v) is 7.29. The van der Waals surface area contributed by atoms with Crippen LogP contribution >= 0.6 is 0 Å². The van der Waals surface area contributed by atoms with E-state index in [9.17, 15) is 4.79 Å². The van der Waals surface area contributed by atoms with Crippen LogP contribution in [0.1, 0.15) is 18.9 Å². The third kappa shape index (κ3) is 4.80. The summed E-state index contributed by atoms with van der Waals surface area (Å²) in [5, 5.41) is 5.97. The van der Waals surface area contributed by atoms with Gasteiger partial charge >= 0.3 is 0 Å². The maximum atomic E-state index is 11.9. The average Bonchev–Trinajstić information content (AvgIpc) is 2.56. The van der Waals surface area contributed by atoms with Crippen LogP contribution in [0.4, 0.5) is 0 Å². The van der Waals surface area contributed by atoms with Crippen molar-refractivity contribution in [3.8, 4) is 17.2 Å². The van der Waals surface area contributed by atoms with Gasteiger partial charge in [-0.1, -0.05) is 6.07 Å². The zero-order chi connectivity index (χ0) is 16.5. The van der Waals surface area contributed by atoms with Crippen LogP contribution in [0.2, 0.25) is 0 Å². The van der Waals surface area contributed by atoms with E-state index in [1.807, 2.05) is 26.1 Å². The van der Waals surface area contributed by atoms with Gasteiger partial charge in [0.05, 0.1) is 21.3 Å². The first-order chi connectivity index (χ1) is 10.6. The lowest BCUT2D eigenvalue weighted by Gasteiger charge is -2.16. The van der Waals surface area contributed by atoms with Crippen molar-refractivity contribution in [1.82, 2.24) is 10.6 Å². The summed E-state index contributed by atoms with van der Waals surface area (Å²) in [7, 11) is 6.59. The molecule has 0 saturated heterocycles. The highest BCUT2D eigenvalue weighted by atomic mass is 16.5. The molecule has 2 N–H and O–H groups in total. The van der Waals surface area contributed by atoms with E-state index >= 15 is 0 Å². The van der Waals surface area contributed by atoms with Crippen LogP contribution in [0.5, 0.6) is 17.2 Å². The van der Waals surface area contributed by atoms with Crippen molar-refractivity contribution in [2.45, 2.75) is 25.8 Å². The lowest BCUT2D eigenvalue weighted by molar-refractivity contribution is -0.121. The van der Waals surface area contributed by atoms with Crippen molar-refractivity contribution in [1.29, 1.82) is 0 Å². The monoisotopic (exact) mass is 310 g/mol. The summed E-state index contributed by atoms with van der Waals surface area (Å²) in [6, 6.07) is 3.96. The van der Waals surface area contributed by atoms with Crippen molar-refractivity contribution < 1.29 is 19.0 Å². The molecule has 0 spiro atoms. The third-order valence-corrected chi connectivity index (χ3v) is 3.51. The highest BCUT2D eigenvalue weighted by Gasteiger charge is 2.16. The molecule has 6 heteroatoms. The van der Waals surface area contributed by atoms with Crippen LogP contribution in [-0.2, 0) is 11.2 Å². The number of hydrogen-bond donors (Lipinski definition) is 2. The van der Waals surface area contributed by atoms with Gasteiger partial charge in [-0.2, -0.15) is 0 Å². The first kappa shape index (κ1) is 18.1. The molecule has 0 heterocycles. The number of hydrogen-bond acceptors (Lipinski definition) is 5. The second-order valence-corrected chi connectivity index (χ2v) is 4.99. The van der Waals surface area contributed by atoms with Crippen LogP contribution in [0.25, 0.3) is 0 Å². The van der Waals surface area contributed by atoms with Crippen molar-refractivity contribution in [3.05, 3.63) is 17.7 Å². The molecule has 22 heavy (non-hydrogen) atoms. The maximum Gasteiger partial charge on any atom is 0.220 e. The number of nitrogens with one attached hydrogen (secondary N) is 2. The summed E-state index contributed by atoms with van der Waals surface area (Å²) >= 11 is 0. The predicted molar refractivity (Wildman–Crippen MR) is 86.0 cm³/mol. The normalized spacial score (nSPS) is 11.7. The quantitative estimate of drug-likeness (QED) is 0.721. The molecule has 0 saturated carbocycles. The molecule has 0 aliphatic rings. The van der Waals surface area contributed by atoms with Gasteiger partial charge < -0.3 is 24.8 Å². The fourth-order valence-electron chi connectivity index (χ4n) is 2.07. The third-order valence-electron chi connectivity index (χ3n) is 3.51. The smallest absolute Gasteiger partial charge is 0.220 e. The average molecular weight is 310 g/mol. The molecular weight excluding hydrogens is 284 g/mol. The predicted octanol–water partition coefficient (Wildman–Crippen LogP) is 1.37. The lowest BCUT2D eigenvalue weighted by Crippen LogP contribution is -2.37. The Bertz CT molecular complexity index is 491. The number of benzene rings is 1. The van der Waals surface area contributed by atoms with E-state index in [0.29, 0.717) is 36.6 Å². The number of carbonyl (C=O) groups excluding carboxylic acids is 1. The molecular formula is C16H26N2O4. The molecule has 6 nitrogen and oxygen atoms in total. The molecule has 0 aliphatic carbocycles. The van der Waals surface area contributed by atoms with E-state index < -0.39 is 0 Å². The highest BCUT2D eigenvalue weighted by molar-refractivity contribution is 5.76. The molecule has 1 rings (SSSR count). The van der Waals surface area contributed by atoms with E-state index in [-0.39, 0.29) is 11.9 Å². The van der Waals surface area contributed by atoms with Gasteiger partial charge in [0, 0.05) is 19.0 Å². The summed E-state index contributed by atoms with van der Waals surface area (Å²) in [4.78, 5) is 11.9. The largest absolute Gasteiger partial charge is 0.493 e. The Morgan fingerprint density at radius 2 is 1.82 bits per heavy atom. The first-order valence-electron chi connectivity index (χ1n) is 7.29. The van der Waals surface area contributed by atoms with Crippen LogP contribution in [0, 0.1) is 0 Å². The van der Waals surface area contributed by atoms with Gasteiger partial charge in [-0.15, -0.1) is 0 Å². The number of carbonyl (C=O) groups is 1. The second kappa shape index (κ2) is 9.15. The Labute approximate surface area is 132 Å². The van der Waals surface area contributed by atoms with Crippen LogP contribution < -0.4 is 24.8 Å². The summed E-state index contributed by atoms with van der Waals surface area (Å²) < 4.78 is 16.0. The Balaban J connectivity index is 2.71. The summed E-state index contributed by atoms with van der Waals surface area (Å²) in [5.41, 5.74) is 0.914. The number of likely N-dealkylation sites (N-methyl/N-ethyl adjacent to an activating group) is 1. The Hall–Kier alpha value is -1.95. The van der Waals surface area contributed by atoms with Gasteiger partial charge in [-0.3, -0.25) is 4.79 Å². The Kier molecular flexibility index (Phi) is 7.52. The number of amides is 1. The zero-order valence-corrected chi connectivity index (χ0v) is 14.0. The van der Waals surface area contributed by atoms with Gasteiger partial charge in [0.25, 0.3) is 0 Å². The SMILES string of the molecule is CNC(C)CNC(=O)CCc1ccc(OC)c(OC)c1OC. The minimum absolute atomic E-state index is 0.0129. The highest BCUT2D eigenvalue weighted by Crippen LogP contribution is 2.40. The molecule has 1 aromatic rings. The van der Waals surface area contributed by atoms with E-state index in [0.717, 1.165) is 5.56 Å². The van der Waals surface area contributed by atoms with E-state index in [1.54, 1.807) is 21.3 Å². The maximum absolute atomic E-state index is 11.9. The second-order valence-electron chi connectivity index (χ2n) is 4.99. The molecule has 1 amide bonds. The van der Waals surface area contributed by atoms with Crippen LogP contribution in [-0.4, -0.2) is 46.9 Å². The van der Waals surface area contributed by atoms with Gasteiger partial charge in [0.2, 0.25) is 11.7 Å². The van der Waals surface area contributed by atoms with Crippen molar-refractivity contribution in [3.63, 3.8) is 0 Å². The van der Waals surface area contributed by atoms with Crippen LogP contribution in [0.3, 0.4) is 0 Å². The van der Waals surface area contributed by atoms with Gasteiger partial charge in [0.1, 0.15) is 0 Å². The molecule has 1 unspecified atom stereocenters. The zero-order valence-electron chi connectivity index (χ0n) is 14.0. The van der Waals surface area contributed by atoms with Crippen molar-refractivity contribution in [2.75, 3.05) is 34.9 Å².